The Morgan fingerprint density at radius 3 is 2.74 bits per heavy atom. The van der Waals surface area contributed by atoms with Gasteiger partial charge in [-0.25, -0.2) is 8.93 Å². The van der Waals surface area contributed by atoms with Crippen LogP contribution in [0.1, 0.15) is 35.2 Å². The molecule has 2 aromatic rings. The number of halogens is 2. The van der Waals surface area contributed by atoms with E-state index in [1.54, 1.807) is 12.1 Å². The molecule has 1 amide bonds. The quantitative estimate of drug-likeness (QED) is 0.687. The number of benzene rings is 2. The number of nitrogens with zero attached hydrogens (tertiary/aromatic N) is 1. The van der Waals surface area contributed by atoms with Crippen LogP contribution < -0.4 is 4.72 Å². The maximum atomic E-state index is 12.9. The zero-order chi connectivity index (χ0) is 19.6. The number of amides is 1. The standard InChI is InChI=1S/C19H20Cl2N2O3S/c1-12-15-5-3-2-4-14(15)11-23(12)18(24)10-16-17(20)7-6-13(19(16)21)8-9-22-27(25)26/h2-7,12,22H,8-11H2,1H3,(H,25,26)/t12-/m0/s1. The average Bonchev–Trinajstić information content (AvgIpc) is 2.97. The number of fused-ring (bicyclic) bond motifs is 1. The molecule has 0 saturated heterocycles. The van der Waals surface area contributed by atoms with E-state index in [0.29, 0.717) is 28.6 Å². The van der Waals surface area contributed by atoms with E-state index in [2.05, 4.69) is 4.72 Å². The van der Waals surface area contributed by atoms with Gasteiger partial charge >= 0.3 is 0 Å². The fourth-order valence-electron chi connectivity index (χ4n) is 3.41. The maximum Gasteiger partial charge on any atom is 0.231 e. The Balaban J connectivity index is 1.75. The van der Waals surface area contributed by atoms with Gasteiger partial charge < -0.3 is 4.90 Å². The van der Waals surface area contributed by atoms with E-state index >= 15 is 0 Å². The number of nitrogens with one attached hydrogen (secondary N) is 1. The smallest absolute Gasteiger partial charge is 0.231 e. The van der Waals surface area contributed by atoms with Crippen LogP contribution in [0.4, 0.5) is 0 Å². The van der Waals surface area contributed by atoms with E-state index < -0.39 is 11.3 Å². The van der Waals surface area contributed by atoms with Crippen LogP contribution in [0.2, 0.25) is 10.0 Å². The molecule has 0 spiro atoms. The van der Waals surface area contributed by atoms with Crippen molar-refractivity contribution in [1.29, 1.82) is 0 Å². The van der Waals surface area contributed by atoms with E-state index in [1.807, 2.05) is 36.1 Å². The Morgan fingerprint density at radius 1 is 1.30 bits per heavy atom. The molecule has 1 unspecified atom stereocenters. The molecule has 0 saturated carbocycles. The molecule has 0 radical (unpaired) electrons. The molecular weight excluding hydrogens is 407 g/mol. The normalized spacial score (nSPS) is 17.0. The van der Waals surface area contributed by atoms with Crippen molar-refractivity contribution in [2.75, 3.05) is 6.54 Å². The molecule has 3 rings (SSSR count). The summed E-state index contributed by atoms with van der Waals surface area (Å²) in [5.41, 5.74) is 3.70. The van der Waals surface area contributed by atoms with Crippen LogP contribution in [0.15, 0.2) is 36.4 Å². The second kappa shape index (κ2) is 8.71. The summed E-state index contributed by atoms with van der Waals surface area (Å²) < 4.78 is 21.9. The van der Waals surface area contributed by atoms with Crippen LogP contribution in [0.3, 0.4) is 0 Å². The van der Waals surface area contributed by atoms with Crippen molar-refractivity contribution in [2.24, 2.45) is 0 Å². The van der Waals surface area contributed by atoms with Gasteiger partial charge in [0, 0.05) is 23.1 Å². The highest BCUT2D eigenvalue weighted by Crippen LogP contribution is 2.35. The molecule has 0 aromatic heterocycles. The third-order valence-electron chi connectivity index (χ3n) is 4.85. The minimum Gasteiger partial charge on any atom is -0.331 e. The van der Waals surface area contributed by atoms with Gasteiger partial charge in [0.25, 0.3) is 0 Å². The van der Waals surface area contributed by atoms with E-state index in [-0.39, 0.29) is 24.9 Å². The number of rotatable bonds is 6. The Hall–Kier alpha value is -1.44. The van der Waals surface area contributed by atoms with E-state index in [4.69, 9.17) is 27.8 Å². The van der Waals surface area contributed by atoms with E-state index in [9.17, 15) is 9.00 Å². The average molecular weight is 427 g/mol. The summed E-state index contributed by atoms with van der Waals surface area (Å²) in [7, 11) is 0. The van der Waals surface area contributed by atoms with Crippen LogP contribution in [-0.4, -0.2) is 26.1 Å². The van der Waals surface area contributed by atoms with Crippen molar-refractivity contribution in [3.63, 3.8) is 0 Å². The van der Waals surface area contributed by atoms with E-state index in [1.165, 1.54) is 5.56 Å². The fraction of sp³-hybridized carbons (Fsp3) is 0.316. The Labute approximate surface area is 171 Å². The van der Waals surface area contributed by atoms with E-state index in [0.717, 1.165) is 11.1 Å². The number of hydrogen-bond donors (Lipinski definition) is 2. The molecule has 0 bridgehead atoms. The van der Waals surface area contributed by atoms with Crippen LogP contribution in [0, 0.1) is 0 Å². The predicted octanol–water partition coefficient (Wildman–Crippen LogP) is 3.91. The monoisotopic (exact) mass is 426 g/mol. The summed E-state index contributed by atoms with van der Waals surface area (Å²) in [6, 6.07) is 11.5. The first-order valence-electron chi connectivity index (χ1n) is 8.56. The van der Waals surface area contributed by atoms with Crippen molar-refractivity contribution in [1.82, 2.24) is 9.62 Å². The lowest BCUT2D eigenvalue weighted by Crippen LogP contribution is -2.29. The lowest BCUT2D eigenvalue weighted by atomic mass is 10.0. The van der Waals surface area contributed by atoms with Gasteiger partial charge in [0.2, 0.25) is 17.2 Å². The first kappa shape index (κ1) is 20.3. The number of hydrogen-bond acceptors (Lipinski definition) is 2. The van der Waals surface area contributed by atoms with Crippen molar-refractivity contribution >= 4 is 40.4 Å². The second-order valence-electron chi connectivity index (χ2n) is 6.47. The van der Waals surface area contributed by atoms with Gasteiger partial charge in [-0.15, -0.1) is 0 Å². The molecule has 8 heteroatoms. The van der Waals surface area contributed by atoms with Crippen molar-refractivity contribution < 1.29 is 13.6 Å². The van der Waals surface area contributed by atoms with Crippen LogP contribution in [-0.2, 0) is 35.4 Å². The summed E-state index contributed by atoms with van der Waals surface area (Å²) in [4.78, 5) is 14.8. The van der Waals surface area contributed by atoms with Gasteiger partial charge in [0.1, 0.15) is 0 Å². The summed E-state index contributed by atoms with van der Waals surface area (Å²) in [5.74, 6) is -0.0331. The Bertz CT molecular complexity index is 891. The highest BCUT2D eigenvalue weighted by Gasteiger charge is 2.30. The number of carbonyl (C=O) groups excluding carboxylic acids is 1. The first-order chi connectivity index (χ1) is 12.9. The summed E-state index contributed by atoms with van der Waals surface area (Å²) in [6.07, 6.45) is 0.568. The molecule has 5 nitrogen and oxygen atoms in total. The van der Waals surface area contributed by atoms with Crippen LogP contribution in [0.5, 0.6) is 0 Å². The highest BCUT2D eigenvalue weighted by molar-refractivity contribution is 7.77. The third-order valence-corrected chi connectivity index (χ3v) is 6.12. The molecule has 2 aromatic carbocycles. The first-order valence-corrected chi connectivity index (χ1v) is 10.4. The van der Waals surface area contributed by atoms with Gasteiger partial charge in [-0.3, -0.25) is 9.35 Å². The van der Waals surface area contributed by atoms with Gasteiger partial charge in [-0.2, -0.15) is 0 Å². The fourth-order valence-corrected chi connectivity index (χ4v) is 4.28. The van der Waals surface area contributed by atoms with Crippen molar-refractivity contribution in [3.8, 4) is 0 Å². The maximum absolute atomic E-state index is 12.9. The van der Waals surface area contributed by atoms with Crippen molar-refractivity contribution in [2.45, 2.75) is 32.4 Å². The minimum atomic E-state index is -2.07. The molecule has 0 fully saturated rings. The zero-order valence-electron chi connectivity index (χ0n) is 14.7. The highest BCUT2D eigenvalue weighted by atomic mass is 35.5. The molecule has 2 atom stereocenters. The molecular formula is C19H20Cl2N2O3S. The zero-order valence-corrected chi connectivity index (χ0v) is 17.1. The van der Waals surface area contributed by atoms with Crippen molar-refractivity contribution in [3.05, 3.63) is 68.7 Å². The summed E-state index contributed by atoms with van der Waals surface area (Å²) >= 11 is 10.7. The SMILES string of the molecule is C[C@H]1c2ccccc2CN1C(=O)Cc1c(Cl)ccc(CCNS(=O)O)c1Cl. The van der Waals surface area contributed by atoms with Gasteiger partial charge in [0.15, 0.2) is 0 Å². The van der Waals surface area contributed by atoms with Crippen LogP contribution in [0.25, 0.3) is 0 Å². The predicted molar refractivity (Wildman–Crippen MR) is 108 cm³/mol. The molecule has 1 aliphatic heterocycles. The Morgan fingerprint density at radius 2 is 2.04 bits per heavy atom. The Kier molecular flexibility index (Phi) is 6.55. The summed E-state index contributed by atoms with van der Waals surface area (Å²) in [6.45, 7) is 2.89. The van der Waals surface area contributed by atoms with Gasteiger partial charge in [0.05, 0.1) is 12.5 Å². The lowest BCUT2D eigenvalue weighted by Gasteiger charge is -2.23. The van der Waals surface area contributed by atoms with Gasteiger partial charge in [-0.1, -0.05) is 53.5 Å². The number of carbonyl (C=O) groups is 1. The molecule has 27 heavy (non-hydrogen) atoms. The van der Waals surface area contributed by atoms with Gasteiger partial charge in [-0.05, 0) is 41.7 Å². The molecule has 144 valence electrons. The lowest BCUT2D eigenvalue weighted by molar-refractivity contribution is -0.132. The molecule has 0 aliphatic carbocycles. The summed E-state index contributed by atoms with van der Waals surface area (Å²) in [5, 5.41) is 0.880. The molecule has 1 aliphatic rings. The minimum absolute atomic E-state index is 0.0122. The largest absolute Gasteiger partial charge is 0.331 e. The third kappa shape index (κ3) is 4.52. The van der Waals surface area contributed by atoms with Crippen LogP contribution >= 0.6 is 23.2 Å². The topological polar surface area (TPSA) is 69.6 Å². The molecule has 1 heterocycles. The second-order valence-corrected chi connectivity index (χ2v) is 8.04. The molecule has 2 N–H and O–H groups in total.